The number of aromatic nitrogens is 4. The normalized spacial score (nSPS) is 18.8. The maximum absolute atomic E-state index is 12.0. The molecule has 0 spiro atoms. The third-order valence-corrected chi connectivity index (χ3v) is 4.12. The van der Waals surface area contributed by atoms with Gasteiger partial charge in [0.1, 0.15) is 12.4 Å². The Morgan fingerprint density at radius 2 is 2.27 bits per heavy atom. The molecular weight excluding hydrogens is 286 g/mol. The van der Waals surface area contributed by atoms with Crippen LogP contribution in [0.25, 0.3) is 5.78 Å². The highest BCUT2D eigenvalue weighted by Gasteiger charge is 2.23. The first-order chi connectivity index (χ1) is 10.6. The summed E-state index contributed by atoms with van der Waals surface area (Å²) in [6.45, 7) is 2.65. The van der Waals surface area contributed by atoms with Crippen LogP contribution in [0, 0.1) is 0 Å². The monoisotopic (exact) mass is 305 g/mol. The summed E-state index contributed by atoms with van der Waals surface area (Å²) >= 11 is 0. The molecule has 0 radical (unpaired) electrons. The van der Waals surface area contributed by atoms with Crippen molar-refractivity contribution in [1.82, 2.24) is 19.2 Å². The first-order valence-corrected chi connectivity index (χ1v) is 7.55. The molecule has 2 aromatic rings. The molecule has 1 fully saturated rings. The van der Waals surface area contributed by atoms with E-state index in [-0.39, 0.29) is 5.78 Å². The Hall–Kier alpha value is -2.38. The number of piperidine rings is 1. The summed E-state index contributed by atoms with van der Waals surface area (Å²) in [6.07, 6.45) is 6.16. The van der Waals surface area contributed by atoms with Gasteiger partial charge in [-0.25, -0.2) is 9.20 Å². The number of fused-ring (bicyclic) bond motifs is 1. The van der Waals surface area contributed by atoms with Gasteiger partial charge >= 0.3 is 11.7 Å². The number of carboxylic acid groups (broad SMARTS) is 1. The molecule has 3 heterocycles. The van der Waals surface area contributed by atoms with Crippen molar-refractivity contribution < 1.29 is 9.90 Å². The Morgan fingerprint density at radius 1 is 1.45 bits per heavy atom. The third kappa shape index (κ3) is 2.56. The second-order valence-corrected chi connectivity index (χ2v) is 5.54. The average molecular weight is 305 g/mol. The van der Waals surface area contributed by atoms with Crippen LogP contribution in [-0.2, 0) is 11.3 Å². The van der Waals surface area contributed by atoms with Gasteiger partial charge in [-0.3, -0.25) is 4.79 Å². The molecule has 1 N–H and O–H groups in total. The highest BCUT2D eigenvalue weighted by molar-refractivity contribution is 5.66. The minimum absolute atomic E-state index is 0.240. The van der Waals surface area contributed by atoms with Crippen molar-refractivity contribution in [3.8, 4) is 0 Å². The maximum Gasteiger partial charge on any atom is 0.352 e. The van der Waals surface area contributed by atoms with Gasteiger partial charge < -0.3 is 10.0 Å². The Labute approximate surface area is 127 Å². The lowest BCUT2D eigenvalue weighted by atomic mass is 10.0. The molecule has 22 heavy (non-hydrogen) atoms. The van der Waals surface area contributed by atoms with Gasteiger partial charge in [0.15, 0.2) is 0 Å². The molecule has 1 unspecified atom stereocenters. The number of rotatable bonds is 4. The van der Waals surface area contributed by atoms with Gasteiger partial charge in [-0.2, -0.15) is 9.67 Å². The Bertz CT molecular complexity index is 751. The fraction of sp³-hybridized carbons (Fsp3) is 0.571. The lowest BCUT2D eigenvalue weighted by Crippen LogP contribution is -2.39. The van der Waals surface area contributed by atoms with Crippen LogP contribution in [0.1, 0.15) is 32.6 Å². The first kappa shape index (κ1) is 14.6. The zero-order valence-electron chi connectivity index (χ0n) is 12.5. The smallest absolute Gasteiger partial charge is 0.352 e. The van der Waals surface area contributed by atoms with E-state index in [0.717, 1.165) is 36.3 Å². The number of carboxylic acids is 1. The summed E-state index contributed by atoms with van der Waals surface area (Å²) in [5.74, 6) is -0.0662. The number of carbonyl (C=O) groups is 1. The van der Waals surface area contributed by atoms with E-state index in [1.807, 2.05) is 0 Å². The molecule has 0 saturated carbocycles. The minimum atomic E-state index is -1.10. The minimum Gasteiger partial charge on any atom is -0.480 e. The predicted octanol–water partition coefficient (Wildman–Crippen LogP) is 0.744. The molecule has 2 aromatic heterocycles. The summed E-state index contributed by atoms with van der Waals surface area (Å²) in [7, 11) is 0. The molecule has 0 bridgehead atoms. The van der Waals surface area contributed by atoms with Crippen LogP contribution < -0.4 is 10.6 Å². The quantitative estimate of drug-likeness (QED) is 0.896. The van der Waals surface area contributed by atoms with E-state index in [0.29, 0.717) is 6.04 Å². The fourth-order valence-electron chi connectivity index (χ4n) is 3.01. The van der Waals surface area contributed by atoms with Crippen LogP contribution in [-0.4, -0.2) is 42.8 Å². The summed E-state index contributed by atoms with van der Waals surface area (Å²) < 4.78 is 2.19. The molecular formula is C14H19N5O3. The standard InChI is InChI=1S/C14H19N5O3/c1-2-10-5-3-4-7-17(10)11-6-8-18-13(15-11)16-19(14(18)22)9-12(20)21/h6,8,10H,2-5,7,9H2,1H3,(H,20,21). The van der Waals surface area contributed by atoms with Gasteiger partial charge in [-0.05, 0) is 31.7 Å². The van der Waals surface area contributed by atoms with Crippen LogP contribution >= 0.6 is 0 Å². The van der Waals surface area contributed by atoms with Crippen LogP contribution in [0.4, 0.5) is 5.82 Å². The van der Waals surface area contributed by atoms with Crippen LogP contribution in [0.15, 0.2) is 17.1 Å². The first-order valence-electron chi connectivity index (χ1n) is 7.55. The van der Waals surface area contributed by atoms with E-state index in [2.05, 4.69) is 21.9 Å². The molecule has 1 atom stereocenters. The van der Waals surface area contributed by atoms with Crippen molar-refractivity contribution in [3.63, 3.8) is 0 Å². The lowest BCUT2D eigenvalue weighted by molar-refractivity contribution is -0.137. The van der Waals surface area contributed by atoms with Crippen LogP contribution in [0.2, 0.25) is 0 Å². The van der Waals surface area contributed by atoms with Gasteiger partial charge in [-0.1, -0.05) is 6.92 Å². The van der Waals surface area contributed by atoms with Gasteiger partial charge in [-0.15, -0.1) is 5.10 Å². The third-order valence-electron chi connectivity index (χ3n) is 4.12. The highest BCUT2D eigenvalue weighted by Crippen LogP contribution is 2.24. The Kier molecular flexibility index (Phi) is 3.82. The largest absolute Gasteiger partial charge is 0.480 e. The van der Waals surface area contributed by atoms with E-state index >= 15 is 0 Å². The van der Waals surface area contributed by atoms with Crippen molar-refractivity contribution in [3.05, 3.63) is 22.7 Å². The molecule has 1 aliphatic rings. The highest BCUT2D eigenvalue weighted by atomic mass is 16.4. The van der Waals surface area contributed by atoms with Crippen molar-refractivity contribution >= 4 is 17.6 Å². The summed E-state index contributed by atoms with van der Waals surface area (Å²) in [5.41, 5.74) is -0.484. The summed E-state index contributed by atoms with van der Waals surface area (Å²) in [5, 5.41) is 12.8. The molecule has 3 rings (SSSR count). The van der Waals surface area contributed by atoms with Crippen LogP contribution in [0.3, 0.4) is 0 Å². The van der Waals surface area contributed by atoms with E-state index in [1.165, 1.54) is 10.8 Å². The van der Waals surface area contributed by atoms with Crippen molar-refractivity contribution in [2.45, 2.75) is 45.2 Å². The second-order valence-electron chi connectivity index (χ2n) is 5.54. The molecule has 0 aliphatic carbocycles. The molecule has 8 nitrogen and oxygen atoms in total. The van der Waals surface area contributed by atoms with Gasteiger partial charge in [0.2, 0.25) is 0 Å². The SMILES string of the molecule is CCC1CCCCN1c1ccn2c(=O)n(CC(=O)O)nc2n1. The number of hydrogen-bond donors (Lipinski definition) is 1. The Balaban J connectivity index is 1.99. The topological polar surface area (TPSA) is 92.7 Å². The van der Waals surface area contributed by atoms with Gasteiger partial charge in [0, 0.05) is 18.8 Å². The molecule has 118 valence electrons. The van der Waals surface area contributed by atoms with E-state index in [4.69, 9.17) is 5.11 Å². The van der Waals surface area contributed by atoms with E-state index < -0.39 is 18.2 Å². The van der Waals surface area contributed by atoms with Gasteiger partial charge in [0.25, 0.3) is 5.78 Å². The molecule has 8 heteroatoms. The van der Waals surface area contributed by atoms with E-state index in [9.17, 15) is 9.59 Å². The molecule has 1 saturated heterocycles. The fourth-order valence-corrected chi connectivity index (χ4v) is 3.01. The number of nitrogens with zero attached hydrogens (tertiary/aromatic N) is 5. The number of hydrogen-bond acceptors (Lipinski definition) is 5. The van der Waals surface area contributed by atoms with Crippen molar-refractivity contribution in [1.29, 1.82) is 0 Å². The van der Waals surface area contributed by atoms with E-state index in [1.54, 1.807) is 12.3 Å². The zero-order chi connectivity index (χ0) is 15.7. The number of anilines is 1. The van der Waals surface area contributed by atoms with Crippen molar-refractivity contribution in [2.75, 3.05) is 11.4 Å². The second kappa shape index (κ2) is 5.78. The Morgan fingerprint density at radius 3 is 3.00 bits per heavy atom. The average Bonchev–Trinajstić information content (AvgIpc) is 2.82. The summed E-state index contributed by atoms with van der Waals surface area (Å²) in [4.78, 5) is 29.5. The predicted molar refractivity (Wildman–Crippen MR) is 80.2 cm³/mol. The lowest BCUT2D eigenvalue weighted by Gasteiger charge is -2.36. The molecule has 0 amide bonds. The molecule has 0 aromatic carbocycles. The van der Waals surface area contributed by atoms with Gasteiger partial charge in [0.05, 0.1) is 0 Å². The maximum atomic E-state index is 12.0. The number of aliphatic carboxylic acids is 1. The van der Waals surface area contributed by atoms with Crippen LogP contribution in [0.5, 0.6) is 0 Å². The van der Waals surface area contributed by atoms with Crippen molar-refractivity contribution in [2.24, 2.45) is 0 Å². The zero-order valence-corrected chi connectivity index (χ0v) is 12.5. The molecule has 1 aliphatic heterocycles. The summed E-state index contributed by atoms with van der Waals surface area (Å²) in [6, 6.07) is 2.26.